The lowest BCUT2D eigenvalue weighted by Crippen LogP contribution is -2.41. The number of rotatable bonds is 23. The fourth-order valence-electron chi connectivity index (χ4n) is 5.23. The minimum atomic E-state index is -1.48. The number of nitrogens with two attached hydrogens (primary N) is 1. The molecule has 20 nitrogen and oxygen atoms in total. The van der Waals surface area contributed by atoms with Crippen molar-refractivity contribution < 1.29 is 54.0 Å². The number of hydrogen-bond acceptors (Lipinski definition) is 13. The van der Waals surface area contributed by atoms with Gasteiger partial charge in [0.1, 0.15) is 17.9 Å². The number of amides is 2. The van der Waals surface area contributed by atoms with E-state index in [9.17, 15) is 53.7 Å². The lowest BCUT2D eigenvalue weighted by atomic mass is 9.94. The first-order valence-electron chi connectivity index (χ1n) is 16.9. The van der Waals surface area contributed by atoms with Crippen LogP contribution in [0, 0.1) is 11.8 Å². The number of fused-ring (bicyclic) bond motifs is 1. The Labute approximate surface area is 307 Å². The van der Waals surface area contributed by atoms with Crippen molar-refractivity contribution in [2.45, 2.75) is 83.3 Å². The molecule has 290 valence electrons. The van der Waals surface area contributed by atoms with Crippen LogP contribution in [0.4, 0.5) is 11.6 Å². The Balaban J connectivity index is 1.46. The molecule has 0 bridgehead atoms. The van der Waals surface area contributed by atoms with Gasteiger partial charge in [0.25, 0.3) is 11.5 Å². The number of nitrogens with zero attached hydrogens (tertiary/aromatic N) is 3. The van der Waals surface area contributed by atoms with Gasteiger partial charge >= 0.3 is 23.9 Å². The summed E-state index contributed by atoms with van der Waals surface area (Å²) >= 11 is 0. The summed E-state index contributed by atoms with van der Waals surface area (Å²) in [5.41, 5.74) is 6.15. The molecule has 0 aliphatic rings. The van der Waals surface area contributed by atoms with E-state index in [1.807, 2.05) is 0 Å². The van der Waals surface area contributed by atoms with E-state index in [-0.39, 0.29) is 54.9 Å². The molecule has 0 aliphatic heterocycles. The van der Waals surface area contributed by atoms with E-state index in [0.29, 0.717) is 30.6 Å². The smallest absolute Gasteiger partial charge is 0.326 e. The predicted octanol–water partition coefficient (Wildman–Crippen LogP) is 1.16. The Hall–Kier alpha value is -6.47. The molecular formula is C34H42N8O12. The average molecular weight is 755 g/mol. The van der Waals surface area contributed by atoms with Crippen molar-refractivity contribution in [1.29, 1.82) is 0 Å². The maximum Gasteiger partial charge on any atom is 0.326 e. The largest absolute Gasteiger partial charge is 0.481 e. The Morgan fingerprint density at radius 1 is 0.796 bits per heavy atom. The molecule has 0 saturated heterocycles. The second kappa shape index (κ2) is 20.0. The minimum Gasteiger partial charge on any atom is -0.481 e. The summed E-state index contributed by atoms with van der Waals surface area (Å²) in [5.74, 6) is -9.14. The third-order valence-electron chi connectivity index (χ3n) is 8.40. The Kier molecular flexibility index (Phi) is 15.5. The molecule has 10 N–H and O–H groups in total. The number of carboxylic acid groups (broad SMARTS) is 4. The third kappa shape index (κ3) is 13.3. The van der Waals surface area contributed by atoms with E-state index < -0.39 is 83.8 Å². The number of hydrogen-bond donors (Lipinski definition) is 9. The van der Waals surface area contributed by atoms with Gasteiger partial charge in [0.2, 0.25) is 11.9 Å². The average Bonchev–Trinajstić information content (AvgIpc) is 3.11. The van der Waals surface area contributed by atoms with Gasteiger partial charge in [0.05, 0.1) is 30.3 Å². The number of nitrogens with one attached hydrogen (secondary N) is 4. The number of carboxylic acids is 4. The molecular weight excluding hydrogens is 712 g/mol. The van der Waals surface area contributed by atoms with Crippen LogP contribution >= 0.6 is 0 Å². The molecule has 0 radical (unpaired) electrons. The van der Waals surface area contributed by atoms with E-state index in [1.165, 1.54) is 25.3 Å². The summed E-state index contributed by atoms with van der Waals surface area (Å²) in [4.78, 5) is 111. The second-order valence-corrected chi connectivity index (χ2v) is 12.6. The molecule has 20 heteroatoms. The van der Waals surface area contributed by atoms with Crippen molar-refractivity contribution in [3.8, 4) is 0 Å². The molecule has 2 amide bonds. The summed E-state index contributed by atoms with van der Waals surface area (Å²) < 4.78 is 0. The number of nitrogen functional groups attached to an aromatic ring is 1. The zero-order valence-corrected chi connectivity index (χ0v) is 29.2. The molecule has 0 aliphatic carbocycles. The standard InChI is InChI=1S/C34H42N8O12/c1-17(30(47)48)4-2-3-5-23(32(51)52)39-25(44)13-8-19(31(49)50)14-22(43)11-12-24(33(53)54)40-28(45)18-6-9-20(10-7-18)36-15-21-16-37-27-26(38-21)29(46)42-34(35)41-27/h6-7,9-10,16-17,19,23-24,36H,2-5,8,11-15H2,1H3,(H,39,44)(H,40,45)(H,47,48)(H,49,50)(H,51,52)(H,53,54)(H3,35,37,41,42,46). The topological polar surface area (TPSA) is 334 Å². The molecule has 0 saturated carbocycles. The number of anilines is 2. The number of carbonyl (C=O) groups is 7. The van der Waals surface area contributed by atoms with Gasteiger partial charge in [-0.3, -0.25) is 33.8 Å². The third-order valence-corrected chi connectivity index (χ3v) is 8.40. The summed E-state index contributed by atoms with van der Waals surface area (Å²) in [7, 11) is 0. The zero-order chi connectivity index (χ0) is 39.9. The quantitative estimate of drug-likeness (QED) is 0.0613. The number of benzene rings is 1. The molecule has 0 spiro atoms. The molecule has 4 unspecified atom stereocenters. The van der Waals surface area contributed by atoms with Crippen LogP contribution in [0.5, 0.6) is 0 Å². The maximum atomic E-state index is 12.8. The molecule has 2 heterocycles. The lowest BCUT2D eigenvalue weighted by Gasteiger charge is -2.17. The molecule has 0 fully saturated rings. The summed E-state index contributed by atoms with van der Waals surface area (Å²) in [6.45, 7) is 1.69. The van der Waals surface area contributed by atoms with Crippen LogP contribution in [-0.2, 0) is 35.3 Å². The highest BCUT2D eigenvalue weighted by molar-refractivity contribution is 5.97. The van der Waals surface area contributed by atoms with E-state index in [4.69, 9.17) is 10.8 Å². The van der Waals surface area contributed by atoms with Crippen LogP contribution in [0.15, 0.2) is 35.3 Å². The van der Waals surface area contributed by atoms with Crippen LogP contribution in [0.2, 0.25) is 0 Å². The van der Waals surface area contributed by atoms with Crippen molar-refractivity contribution in [2.75, 3.05) is 11.1 Å². The first-order valence-corrected chi connectivity index (χ1v) is 16.9. The number of aliphatic carboxylic acids is 4. The van der Waals surface area contributed by atoms with Crippen LogP contribution in [0.25, 0.3) is 11.2 Å². The van der Waals surface area contributed by atoms with Gasteiger partial charge in [-0.2, -0.15) is 4.98 Å². The first-order chi connectivity index (χ1) is 25.5. The van der Waals surface area contributed by atoms with Crippen molar-refractivity contribution in [1.82, 2.24) is 30.6 Å². The highest BCUT2D eigenvalue weighted by Gasteiger charge is 2.27. The van der Waals surface area contributed by atoms with Crippen LogP contribution in [-0.4, -0.2) is 93.9 Å². The molecule has 1 aromatic carbocycles. The fourth-order valence-corrected chi connectivity index (χ4v) is 5.23. The highest BCUT2D eigenvalue weighted by Crippen LogP contribution is 2.17. The number of H-pyrrole nitrogens is 1. The molecule has 2 aromatic heterocycles. The van der Waals surface area contributed by atoms with Crippen molar-refractivity contribution in [3.63, 3.8) is 0 Å². The van der Waals surface area contributed by atoms with Crippen LogP contribution in [0.1, 0.15) is 80.8 Å². The number of ketones is 1. The van der Waals surface area contributed by atoms with Crippen LogP contribution in [0.3, 0.4) is 0 Å². The minimum absolute atomic E-state index is 0.00936. The Morgan fingerprint density at radius 3 is 2.07 bits per heavy atom. The van der Waals surface area contributed by atoms with Gasteiger partial charge in [-0.15, -0.1) is 0 Å². The first kappa shape index (κ1) is 41.9. The SMILES string of the molecule is CC(CCCCC(NC(=O)CCC(CC(=O)CCC(NC(=O)c1ccc(NCc2cnc3nc(N)[nH]c(=O)c3n2)cc1)C(=O)O)C(=O)O)C(=O)O)C(=O)O. The van der Waals surface area contributed by atoms with E-state index >= 15 is 0 Å². The maximum absolute atomic E-state index is 12.8. The predicted molar refractivity (Wildman–Crippen MR) is 189 cm³/mol. The monoisotopic (exact) mass is 754 g/mol. The van der Waals surface area contributed by atoms with Gasteiger partial charge < -0.3 is 42.1 Å². The van der Waals surface area contributed by atoms with Gasteiger partial charge in [-0.25, -0.2) is 19.6 Å². The molecule has 3 aromatic rings. The van der Waals surface area contributed by atoms with Gasteiger partial charge in [0, 0.05) is 30.5 Å². The van der Waals surface area contributed by atoms with Gasteiger partial charge in [-0.05, 0) is 49.9 Å². The fraction of sp³-hybridized carbons (Fsp3) is 0.441. The molecule has 3 rings (SSSR count). The van der Waals surface area contributed by atoms with Crippen LogP contribution < -0.4 is 27.2 Å². The van der Waals surface area contributed by atoms with Crippen molar-refractivity contribution >= 4 is 64.3 Å². The van der Waals surface area contributed by atoms with Gasteiger partial charge in [0.15, 0.2) is 11.2 Å². The van der Waals surface area contributed by atoms with E-state index in [0.717, 1.165) is 0 Å². The van der Waals surface area contributed by atoms with Gasteiger partial charge in [-0.1, -0.05) is 19.8 Å². The lowest BCUT2D eigenvalue weighted by molar-refractivity contribution is -0.145. The van der Waals surface area contributed by atoms with Crippen molar-refractivity contribution in [2.24, 2.45) is 11.8 Å². The summed E-state index contributed by atoms with van der Waals surface area (Å²) in [6.07, 6.45) is 0.645. The highest BCUT2D eigenvalue weighted by atomic mass is 16.4. The normalized spacial score (nSPS) is 13.2. The van der Waals surface area contributed by atoms with Crippen molar-refractivity contribution in [3.05, 3.63) is 52.1 Å². The Morgan fingerprint density at radius 2 is 1.44 bits per heavy atom. The summed E-state index contributed by atoms with van der Waals surface area (Å²) in [6, 6.07) is 3.23. The second-order valence-electron chi connectivity index (χ2n) is 12.6. The molecule has 54 heavy (non-hydrogen) atoms. The molecule has 4 atom stereocenters. The number of Topliss-reactive ketones (excluding diaryl/α,β-unsaturated/α-hetero) is 1. The number of unbranched alkanes of at least 4 members (excludes halogenated alkanes) is 1. The van der Waals surface area contributed by atoms with E-state index in [1.54, 1.807) is 12.1 Å². The zero-order valence-electron chi connectivity index (χ0n) is 29.2. The Bertz CT molecular complexity index is 1920. The number of carbonyl (C=O) groups excluding carboxylic acids is 3. The van der Waals surface area contributed by atoms with E-state index in [2.05, 4.69) is 35.9 Å². The number of aromatic amines is 1. The summed E-state index contributed by atoms with van der Waals surface area (Å²) in [5, 5.41) is 45.4. The number of aromatic nitrogens is 4.